The van der Waals surface area contributed by atoms with Gasteiger partial charge in [-0.05, 0) is 72.5 Å². The molecule has 0 spiro atoms. The predicted octanol–water partition coefficient (Wildman–Crippen LogP) is 18.0. The molecule has 4 aromatic carbocycles. The van der Waals surface area contributed by atoms with E-state index in [4.69, 9.17) is 0 Å². The second-order valence-corrected chi connectivity index (χ2v) is 37.0. The molecule has 0 amide bonds. The fourth-order valence-corrected chi connectivity index (χ4v) is 17.0. The van der Waals surface area contributed by atoms with Crippen molar-refractivity contribution in [2.75, 3.05) is 0 Å². The van der Waals surface area contributed by atoms with Crippen LogP contribution in [-0.4, -0.2) is 32.3 Å². The molecule has 70 heavy (non-hydrogen) atoms. The van der Waals surface area contributed by atoms with Crippen molar-refractivity contribution in [2.24, 2.45) is 0 Å². The Morgan fingerprint density at radius 1 is 0.329 bits per heavy atom. The first kappa shape index (κ1) is 65.5. The third-order valence-corrected chi connectivity index (χ3v) is 32.8. The van der Waals surface area contributed by atoms with Crippen molar-refractivity contribution in [1.82, 2.24) is 0 Å². The third kappa shape index (κ3) is 26.6. The van der Waals surface area contributed by atoms with E-state index in [1.54, 1.807) is 0 Å². The van der Waals surface area contributed by atoms with Crippen LogP contribution in [0.4, 0.5) is 0 Å². The normalized spacial score (nSPS) is 11.3. The molecule has 0 saturated heterocycles. The quantitative estimate of drug-likeness (QED) is 0.0754. The summed E-state index contributed by atoms with van der Waals surface area (Å²) in [6.07, 6.45) is 18.0. The Morgan fingerprint density at radius 2 is 0.529 bits per heavy atom. The fourth-order valence-electron chi connectivity index (χ4n) is 7.21. The molecule has 5 heteroatoms. The Morgan fingerprint density at radius 3 is 0.643 bits per heavy atom. The molecular formula is C65H85CoSi4-5. The van der Waals surface area contributed by atoms with Gasteiger partial charge >= 0.3 is 0 Å². The van der Waals surface area contributed by atoms with Gasteiger partial charge in [0.05, 0.1) is 0 Å². The zero-order chi connectivity index (χ0) is 51.0. The molecule has 0 heterocycles. The van der Waals surface area contributed by atoms with Gasteiger partial charge in [0.1, 0.15) is 32.3 Å². The first-order chi connectivity index (χ1) is 33.5. The minimum Gasteiger partial charge on any atom is -0.273 e. The summed E-state index contributed by atoms with van der Waals surface area (Å²) in [6, 6.07) is 59.0. The molecule has 0 aromatic heterocycles. The molecule has 0 bridgehead atoms. The Balaban J connectivity index is 0.000000848. The molecule has 0 N–H and O–H groups in total. The van der Waals surface area contributed by atoms with E-state index in [1.807, 2.05) is 134 Å². The van der Waals surface area contributed by atoms with E-state index in [-0.39, 0.29) is 16.8 Å². The number of allylic oxidation sites excluding steroid dienone is 8. The maximum atomic E-state index is 3.57. The maximum absolute atomic E-state index is 3.57. The van der Waals surface area contributed by atoms with Crippen molar-refractivity contribution in [3.05, 3.63) is 192 Å². The van der Waals surface area contributed by atoms with E-state index in [0.29, 0.717) is 0 Å². The Kier molecular flexibility index (Phi) is 37.5. The van der Waals surface area contributed by atoms with Gasteiger partial charge in [-0.3, -0.25) is 6.08 Å². The van der Waals surface area contributed by atoms with Crippen molar-refractivity contribution >= 4 is 32.3 Å². The smallest absolute Gasteiger partial charge is 0.138 e. The first-order valence-corrected chi connectivity index (χ1v) is 36.5. The van der Waals surface area contributed by atoms with E-state index >= 15 is 0 Å². The second-order valence-electron chi connectivity index (χ2n) is 17.3. The molecule has 0 atom stereocenters. The van der Waals surface area contributed by atoms with Crippen LogP contribution in [0.25, 0.3) is 0 Å². The van der Waals surface area contributed by atoms with Gasteiger partial charge in [-0.2, -0.15) is 127 Å². The van der Waals surface area contributed by atoms with Gasteiger partial charge < -0.3 is 0 Å². The molecule has 0 nitrogen and oxygen atoms in total. The average Bonchev–Trinajstić information content (AvgIpc) is 4.01. The van der Waals surface area contributed by atoms with E-state index in [1.165, 1.54) is 72.5 Å². The van der Waals surface area contributed by atoms with E-state index in [2.05, 4.69) is 165 Å². The molecule has 0 unspecified atom stereocenters. The van der Waals surface area contributed by atoms with Gasteiger partial charge in [-0.15, -0.1) is 52.3 Å². The minimum absolute atomic E-state index is 0. The number of benzene rings is 4. The minimum atomic E-state index is -1.27. The standard InChI is InChI=1S/4C14H19Si.C5H5.C4H4.Co/c4*1-4-15(5-2,6-3)13-12-14-10-8-7-9-11-14;1-2-4-5-3-1;1-2-4-3-1;/h4*8-11H,4-6H2,1-3H3;1-3H,4H2;1-4H;/q5*-1;;. The van der Waals surface area contributed by atoms with Crippen LogP contribution in [0.15, 0.2) is 140 Å². The monoisotopic (exact) mass is 1040 g/mol. The molecule has 375 valence electrons. The molecule has 0 fully saturated rings. The second kappa shape index (κ2) is 40.1. The predicted molar refractivity (Wildman–Crippen MR) is 317 cm³/mol. The summed E-state index contributed by atoms with van der Waals surface area (Å²) in [6.45, 7) is 27.4. The van der Waals surface area contributed by atoms with Gasteiger partial charge in [0.15, 0.2) is 0 Å². The van der Waals surface area contributed by atoms with Gasteiger partial charge in [0, 0.05) is 16.8 Å². The summed E-state index contributed by atoms with van der Waals surface area (Å²) in [4.78, 5) is 0. The average molecular weight is 1040 g/mol. The number of hydrogen-bond donors (Lipinski definition) is 0. The van der Waals surface area contributed by atoms with Gasteiger partial charge in [0.2, 0.25) is 0 Å². The van der Waals surface area contributed by atoms with E-state index in [0.717, 1.165) is 28.7 Å². The summed E-state index contributed by atoms with van der Waals surface area (Å²) in [5, 5.41) is 0. The zero-order valence-electron chi connectivity index (χ0n) is 45.3. The molecule has 1 radical (unpaired) electrons. The fraction of sp³-hybridized carbons (Fsp3) is 0.385. The van der Waals surface area contributed by atoms with E-state index in [9.17, 15) is 0 Å². The van der Waals surface area contributed by atoms with Crippen LogP contribution in [0.3, 0.4) is 0 Å². The van der Waals surface area contributed by atoms with Gasteiger partial charge in [0.25, 0.3) is 0 Å². The van der Waals surface area contributed by atoms with Crippen LogP contribution in [0.5, 0.6) is 0 Å². The van der Waals surface area contributed by atoms with Crippen molar-refractivity contribution in [1.29, 1.82) is 0 Å². The van der Waals surface area contributed by atoms with Crippen LogP contribution < -0.4 is 0 Å². The van der Waals surface area contributed by atoms with Gasteiger partial charge in [-0.1, -0.05) is 130 Å². The summed E-state index contributed by atoms with van der Waals surface area (Å²) < 4.78 is 0. The van der Waals surface area contributed by atoms with Crippen LogP contribution >= 0.6 is 0 Å². The molecule has 2 aliphatic carbocycles. The molecule has 2 aliphatic rings. The maximum Gasteiger partial charge on any atom is 0.138 e. The van der Waals surface area contributed by atoms with Crippen LogP contribution in [-0.2, 0) is 16.8 Å². The molecule has 0 aliphatic heterocycles. The van der Waals surface area contributed by atoms with Crippen molar-refractivity contribution < 1.29 is 16.8 Å². The van der Waals surface area contributed by atoms with Crippen molar-refractivity contribution in [3.8, 4) is 45.9 Å². The van der Waals surface area contributed by atoms with Crippen molar-refractivity contribution in [3.63, 3.8) is 0 Å². The van der Waals surface area contributed by atoms with Crippen LogP contribution in [0.1, 0.15) is 112 Å². The Hall–Kier alpha value is -4.55. The van der Waals surface area contributed by atoms with Crippen LogP contribution in [0.2, 0.25) is 72.5 Å². The molecule has 4 aromatic rings. The number of hydrogen-bond acceptors (Lipinski definition) is 0. The summed E-state index contributed by atoms with van der Waals surface area (Å²) >= 11 is 0. The summed E-state index contributed by atoms with van der Waals surface area (Å²) in [5.41, 5.74) is 18.8. The molecule has 6 rings (SSSR count). The summed E-state index contributed by atoms with van der Waals surface area (Å²) in [7, 11) is -5.09. The van der Waals surface area contributed by atoms with Gasteiger partial charge in [-0.25, -0.2) is 12.2 Å². The number of rotatable bonds is 12. The summed E-state index contributed by atoms with van der Waals surface area (Å²) in [5.74, 6) is 13.3. The molecule has 0 saturated carbocycles. The van der Waals surface area contributed by atoms with E-state index < -0.39 is 32.3 Å². The van der Waals surface area contributed by atoms with Crippen LogP contribution in [0, 0.1) is 76.2 Å². The SMILES string of the molecule is C1=CC=C1.CC[Si](C#Cc1cc[c-]cc1)(CC)CC.CC[Si](C#Cc1cc[c-]cc1)(CC)CC.CC[Si](C#Cc1cc[c-]cc1)(CC)CC.CC[Si](C#Cc1cc[c-]cc1)(CC)CC.[C-]1=CC=CC1.[Co]. The topological polar surface area (TPSA) is 0 Å². The zero-order valence-corrected chi connectivity index (χ0v) is 50.3. The molecular weight excluding hydrogens is 952 g/mol. The largest absolute Gasteiger partial charge is 0.273 e. The Bertz CT molecular complexity index is 1950. The van der Waals surface area contributed by atoms with Crippen molar-refractivity contribution in [2.45, 2.75) is 162 Å². The Labute approximate surface area is 446 Å². The first-order valence-electron chi connectivity index (χ1n) is 26.1. The third-order valence-electron chi connectivity index (χ3n) is 13.9.